The highest BCUT2D eigenvalue weighted by Crippen LogP contribution is 2.27. The Morgan fingerprint density at radius 1 is 1.26 bits per heavy atom. The van der Waals surface area contributed by atoms with Crippen molar-refractivity contribution in [2.45, 2.75) is 31.7 Å². The van der Waals surface area contributed by atoms with Crippen molar-refractivity contribution in [1.29, 1.82) is 0 Å². The number of nitrogens with zero attached hydrogens (tertiary/aromatic N) is 1. The lowest BCUT2D eigenvalue weighted by Crippen LogP contribution is -2.50. The van der Waals surface area contributed by atoms with Crippen LogP contribution in [0.15, 0.2) is 41.4 Å². The summed E-state index contributed by atoms with van der Waals surface area (Å²) in [7, 11) is -3.95. The summed E-state index contributed by atoms with van der Waals surface area (Å²) in [5.41, 5.74) is 0.920. The molecule has 7 heteroatoms. The summed E-state index contributed by atoms with van der Waals surface area (Å²) in [6.07, 6.45) is 2.31. The van der Waals surface area contributed by atoms with Crippen molar-refractivity contribution in [3.63, 3.8) is 0 Å². The molecule has 2 rings (SSSR count). The topological polar surface area (TPSA) is 80.8 Å². The fourth-order valence-electron chi connectivity index (χ4n) is 2.36. The van der Waals surface area contributed by atoms with Gasteiger partial charge in [0.1, 0.15) is 0 Å². The normalized spacial score (nSPS) is 21.3. The van der Waals surface area contributed by atoms with Gasteiger partial charge in [0, 0.05) is 6.20 Å². The average Bonchev–Trinajstić information content (AvgIpc) is 2.50. The summed E-state index contributed by atoms with van der Waals surface area (Å²) in [4.78, 5) is 24.1. The number of aryl methyl sites for hydroxylation is 1. The highest BCUT2D eigenvalue weighted by molar-refractivity contribution is 7.89. The largest absolute Gasteiger partial charge is 0.464 e. The van der Waals surface area contributed by atoms with Gasteiger partial charge in [-0.2, -0.15) is 0 Å². The van der Waals surface area contributed by atoms with E-state index in [9.17, 15) is 18.0 Å². The minimum Gasteiger partial charge on any atom is -0.464 e. The van der Waals surface area contributed by atoms with Gasteiger partial charge in [0.15, 0.2) is 11.8 Å². The quantitative estimate of drug-likeness (QED) is 0.781. The van der Waals surface area contributed by atoms with Crippen LogP contribution in [0.4, 0.5) is 0 Å². The molecule has 0 aliphatic carbocycles. The molecule has 0 fully saturated rings. The van der Waals surface area contributed by atoms with Gasteiger partial charge >= 0.3 is 5.97 Å². The highest BCUT2D eigenvalue weighted by Gasteiger charge is 2.42. The Hall–Kier alpha value is -2.15. The Morgan fingerprint density at radius 3 is 2.43 bits per heavy atom. The van der Waals surface area contributed by atoms with Gasteiger partial charge in [0.25, 0.3) is 10.0 Å². The molecule has 23 heavy (non-hydrogen) atoms. The average molecular weight is 337 g/mol. The summed E-state index contributed by atoms with van der Waals surface area (Å²) < 4.78 is 31.5. The maximum atomic E-state index is 12.8. The number of ether oxygens (including phenoxy) is 1. The lowest BCUT2D eigenvalue weighted by Gasteiger charge is -2.33. The van der Waals surface area contributed by atoms with Gasteiger partial charge in [0.2, 0.25) is 0 Å². The third-order valence-corrected chi connectivity index (χ3v) is 5.48. The van der Waals surface area contributed by atoms with E-state index in [-0.39, 0.29) is 17.3 Å². The first-order valence-electron chi connectivity index (χ1n) is 7.28. The van der Waals surface area contributed by atoms with Crippen molar-refractivity contribution in [3.05, 3.63) is 42.1 Å². The molecule has 6 nitrogen and oxygen atoms in total. The minimum absolute atomic E-state index is 0.0589. The van der Waals surface area contributed by atoms with Gasteiger partial charge in [-0.05, 0) is 32.1 Å². The highest BCUT2D eigenvalue weighted by atomic mass is 32.2. The van der Waals surface area contributed by atoms with E-state index in [4.69, 9.17) is 4.74 Å². The molecule has 0 saturated carbocycles. The first kappa shape index (κ1) is 17.2. The second-order valence-corrected chi connectivity index (χ2v) is 7.19. The molecular weight excluding hydrogens is 318 g/mol. The SMILES string of the molecule is CCOC(=O)[C@@H]1[C@@H](C)C(=O)C=CN1S(=O)(=O)c1ccc(C)cc1. The lowest BCUT2D eigenvalue weighted by atomic mass is 9.95. The zero-order chi connectivity index (χ0) is 17.2. The standard InChI is InChI=1S/C16H19NO5S/c1-4-22-16(19)15-12(3)14(18)9-10-17(15)23(20,21)13-7-5-11(2)6-8-13/h5-10,12,15H,4H2,1-3H3/t12-,15-/m0/s1. The van der Waals surface area contributed by atoms with Crippen LogP contribution in [0.2, 0.25) is 0 Å². The molecule has 1 aliphatic heterocycles. The molecule has 0 aromatic heterocycles. The minimum atomic E-state index is -3.95. The van der Waals surface area contributed by atoms with Gasteiger partial charge in [-0.3, -0.25) is 9.10 Å². The number of sulfonamides is 1. The maximum absolute atomic E-state index is 12.8. The Balaban J connectivity index is 2.48. The number of hydrogen-bond donors (Lipinski definition) is 0. The van der Waals surface area contributed by atoms with Crippen LogP contribution in [-0.4, -0.2) is 37.1 Å². The Labute approximate surface area is 135 Å². The zero-order valence-corrected chi connectivity index (χ0v) is 14.0. The van der Waals surface area contributed by atoms with Gasteiger partial charge in [-0.25, -0.2) is 13.2 Å². The zero-order valence-electron chi connectivity index (χ0n) is 13.2. The van der Waals surface area contributed by atoms with Gasteiger partial charge < -0.3 is 4.74 Å². The Bertz CT molecular complexity index is 736. The predicted octanol–water partition coefficient (Wildman–Crippen LogP) is 1.65. The molecule has 0 unspecified atom stereocenters. The van der Waals surface area contributed by atoms with Crippen LogP contribution >= 0.6 is 0 Å². The lowest BCUT2D eigenvalue weighted by molar-refractivity contribution is -0.150. The van der Waals surface area contributed by atoms with Crippen LogP contribution in [0, 0.1) is 12.8 Å². The molecule has 0 saturated heterocycles. The van der Waals surface area contributed by atoms with Crippen LogP contribution in [0.5, 0.6) is 0 Å². The second kappa shape index (κ2) is 6.54. The molecule has 1 aromatic carbocycles. The van der Waals surface area contributed by atoms with Crippen LogP contribution < -0.4 is 0 Å². The molecule has 0 N–H and O–H groups in total. The molecular formula is C16H19NO5S. The summed E-state index contributed by atoms with van der Waals surface area (Å²) in [6, 6.07) is 5.10. The number of hydrogen-bond acceptors (Lipinski definition) is 5. The number of carbonyl (C=O) groups is 2. The van der Waals surface area contributed by atoms with E-state index in [0.717, 1.165) is 16.1 Å². The van der Waals surface area contributed by atoms with Crippen molar-refractivity contribution < 1.29 is 22.7 Å². The molecule has 0 bridgehead atoms. The van der Waals surface area contributed by atoms with E-state index in [1.165, 1.54) is 25.1 Å². The van der Waals surface area contributed by atoms with Gasteiger partial charge in [0.05, 0.1) is 17.4 Å². The molecule has 0 spiro atoms. The van der Waals surface area contributed by atoms with Crippen molar-refractivity contribution in [1.82, 2.24) is 4.31 Å². The molecule has 1 aromatic rings. The fraction of sp³-hybridized carbons (Fsp3) is 0.375. The first-order valence-corrected chi connectivity index (χ1v) is 8.72. The summed E-state index contributed by atoms with van der Waals surface area (Å²) >= 11 is 0. The number of carbonyl (C=O) groups excluding carboxylic acids is 2. The Morgan fingerprint density at radius 2 is 1.87 bits per heavy atom. The third-order valence-electron chi connectivity index (χ3n) is 3.71. The predicted molar refractivity (Wildman–Crippen MR) is 83.9 cm³/mol. The maximum Gasteiger partial charge on any atom is 0.330 e. The van der Waals surface area contributed by atoms with E-state index < -0.39 is 28.0 Å². The van der Waals surface area contributed by atoms with E-state index in [2.05, 4.69) is 0 Å². The third kappa shape index (κ3) is 3.29. The monoisotopic (exact) mass is 337 g/mol. The van der Waals surface area contributed by atoms with E-state index in [0.29, 0.717) is 0 Å². The summed E-state index contributed by atoms with van der Waals surface area (Å²) in [5, 5.41) is 0. The summed E-state index contributed by atoms with van der Waals surface area (Å²) in [6.45, 7) is 5.10. The molecule has 1 aliphatic rings. The van der Waals surface area contributed by atoms with Crippen molar-refractivity contribution in [3.8, 4) is 0 Å². The van der Waals surface area contributed by atoms with Gasteiger partial charge in [-0.15, -0.1) is 0 Å². The first-order chi connectivity index (χ1) is 10.8. The van der Waals surface area contributed by atoms with Crippen molar-refractivity contribution in [2.24, 2.45) is 5.92 Å². The fourth-order valence-corrected chi connectivity index (χ4v) is 3.88. The molecule has 0 radical (unpaired) electrons. The van der Waals surface area contributed by atoms with E-state index >= 15 is 0 Å². The van der Waals surface area contributed by atoms with Crippen LogP contribution in [0.3, 0.4) is 0 Å². The van der Waals surface area contributed by atoms with Crippen LogP contribution in [-0.2, 0) is 24.3 Å². The second-order valence-electron chi connectivity index (χ2n) is 5.35. The Kier molecular flexibility index (Phi) is 4.89. The van der Waals surface area contributed by atoms with Crippen molar-refractivity contribution in [2.75, 3.05) is 6.61 Å². The van der Waals surface area contributed by atoms with Crippen LogP contribution in [0.1, 0.15) is 19.4 Å². The number of rotatable bonds is 4. The number of benzene rings is 1. The smallest absolute Gasteiger partial charge is 0.330 e. The number of allylic oxidation sites excluding steroid dienone is 1. The molecule has 0 amide bonds. The van der Waals surface area contributed by atoms with Crippen LogP contribution in [0.25, 0.3) is 0 Å². The molecule has 124 valence electrons. The van der Waals surface area contributed by atoms with Crippen molar-refractivity contribution >= 4 is 21.8 Å². The summed E-state index contributed by atoms with van der Waals surface area (Å²) in [5.74, 6) is -1.84. The number of esters is 1. The van der Waals surface area contributed by atoms with E-state index in [1.54, 1.807) is 19.1 Å². The molecule has 2 atom stereocenters. The van der Waals surface area contributed by atoms with Gasteiger partial charge in [-0.1, -0.05) is 24.6 Å². The molecule has 1 heterocycles. The number of ketones is 1. The van der Waals surface area contributed by atoms with E-state index in [1.807, 2.05) is 6.92 Å².